The van der Waals surface area contributed by atoms with Gasteiger partial charge in [-0.15, -0.1) is 10.2 Å². The van der Waals surface area contributed by atoms with Crippen molar-refractivity contribution in [3.05, 3.63) is 52.8 Å². The van der Waals surface area contributed by atoms with Crippen LogP contribution in [-0.4, -0.2) is 32.9 Å². The predicted octanol–water partition coefficient (Wildman–Crippen LogP) is 4.15. The Hall–Kier alpha value is -2.73. The standard InChI is InChI=1S/C20H19ClN4O2/c1-20(2)10-9-14-17(19(20)26)18(12-5-4-6-13(11-12)27-3)24-25(14)16-8-7-15(21)22-23-16/h4-8,11H,9-10H2,1-3H3. The molecule has 0 saturated heterocycles. The van der Waals surface area contributed by atoms with Gasteiger partial charge in [-0.05, 0) is 37.1 Å². The molecule has 7 heteroatoms. The maximum Gasteiger partial charge on any atom is 0.176 e. The van der Waals surface area contributed by atoms with Crippen LogP contribution in [0.3, 0.4) is 0 Å². The van der Waals surface area contributed by atoms with Crippen molar-refractivity contribution in [2.75, 3.05) is 7.11 Å². The fraction of sp³-hybridized carbons (Fsp3) is 0.300. The molecule has 1 aliphatic rings. The number of carbonyl (C=O) groups is 1. The molecular weight excluding hydrogens is 364 g/mol. The van der Waals surface area contributed by atoms with E-state index in [1.807, 2.05) is 38.1 Å². The van der Waals surface area contributed by atoms with Gasteiger partial charge < -0.3 is 4.74 Å². The molecule has 0 amide bonds. The Bertz CT molecular complexity index is 1020. The summed E-state index contributed by atoms with van der Waals surface area (Å²) in [6.07, 6.45) is 1.48. The lowest BCUT2D eigenvalue weighted by molar-refractivity contribution is 0.0811. The van der Waals surface area contributed by atoms with Crippen LogP contribution in [0.4, 0.5) is 0 Å². The largest absolute Gasteiger partial charge is 0.497 e. The van der Waals surface area contributed by atoms with Gasteiger partial charge in [-0.1, -0.05) is 37.6 Å². The molecule has 0 saturated carbocycles. The van der Waals surface area contributed by atoms with Gasteiger partial charge in [0.2, 0.25) is 0 Å². The van der Waals surface area contributed by atoms with Gasteiger partial charge in [-0.2, -0.15) is 5.10 Å². The van der Waals surface area contributed by atoms with Gasteiger partial charge in [0.1, 0.15) is 11.4 Å². The Morgan fingerprint density at radius 3 is 2.70 bits per heavy atom. The van der Waals surface area contributed by atoms with Crippen molar-refractivity contribution in [2.45, 2.75) is 26.7 Å². The summed E-state index contributed by atoms with van der Waals surface area (Å²) in [5.74, 6) is 1.34. The molecule has 0 unspecified atom stereocenters. The second kappa shape index (κ2) is 6.46. The lowest BCUT2D eigenvalue weighted by atomic mass is 9.74. The van der Waals surface area contributed by atoms with E-state index in [0.717, 1.165) is 24.1 Å². The lowest BCUT2D eigenvalue weighted by Crippen LogP contribution is -2.31. The molecular formula is C20H19ClN4O2. The van der Waals surface area contributed by atoms with Crippen molar-refractivity contribution in [3.63, 3.8) is 0 Å². The van der Waals surface area contributed by atoms with E-state index in [1.54, 1.807) is 23.9 Å². The van der Waals surface area contributed by atoms with E-state index in [1.165, 1.54) is 0 Å². The molecule has 27 heavy (non-hydrogen) atoms. The summed E-state index contributed by atoms with van der Waals surface area (Å²) in [7, 11) is 1.62. The van der Waals surface area contributed by atoms with Crippen LogP contribution in [-0.2, 0) is 6.42 Å². The molecule has 3 aromatic rings. The maximum atomic E-state index is 13.2. The van der Waals surface area contributed by atoms with Gasteiger partial charge in [0.25, 0.3) is 0 Å². The van der Waals surface area contributed by atoms with Crippen LogP contribution >= 0.6 is 11.6 Å². The van der Waals surface area contributed by atoms with E-state index < -0.39 is 5.41 Å². The summed E-state index contributed by atoms with van der Waals surface area (Å²) in [5.41, 5.74) is 2.54. The fourth-order valence-electron chi connectivity index (χ4n) is 3.39. The maximum absolute atomic E-state index is 13.2. The van der Waals surface area contributed by atoms with Crippen LogP contribution in [0.25, 0.3) is 17.1 Å². The van der Waals surface area contributed by atoms with Crippen LogP contribution in [0.1, 0.15) is 36.3 Å². The third-order valence-electron chi connectivity index (χ3n) is 4.99. The molecule has 138 valence electrons. The molecule has 0 radical (unpaired) electrons. The molecule has 0 N–H and O–H groups in total. The Labute approximate surface area is 162 Å². The highest BCUT2D eigenvalue weighted by Gasteiger charge is 2.39. The number of aromatic nitrogens is 4. The molecule has 1 aliphatic carbocycles. The zero-order chi connectivity index (χ0) is 19.2. The number of benzene rings is 1. The highest BCUT2D eigenvalue weighted by molar-refractivity contribution is 6.29. The van der Waals surface area contributed by atoms with Crippen molar-refractivity contribution in [1.29, 1.82) is 0 Å². The number of methoxy groups -OCH3 is 1. The summed E-state index contributed by atoms with van der Waals surface area (Å²) < 4.78 is 7.05. The Balaban J connectivity index is 1.96. The van der Waals surface area contributed by atoms with Gasteiger partial charge in [0.15, 0.2) is 16.8 Å². The molecule has 0 bridgehead atoms. The second-order valence-corrected chi connectivity index (χ2v) is 7.63. The molecule has 4 rings (SSSR count). The van der Waals surface area contributed by atoms with Crippen LogP contribution in [0, 0.1) is 5.41 Å². The second-order valence-electron chi connectivity index (χ2n) is 7.24. The number of rotatable bonds is 3. The summed E-state index contributed by atoms with van der Waals surface area (Å²) in [4.78, 5) is 13.2. The smallest absolute Gasteiger partial charge is 0.176 e. The van der Waals surface area contributed by atoms with Crippen LogP contribution in [0.5, 0.6) is 5.75 Å². The number of Topliss-reactive ketones (excluding diaryl/α,β-unsaturated/α-hetero) is 1. The highest BCUT2D eigenvalue weighted by atomic mass is 35.5. The van der Waals surface area contributed by atoms with Crippen LogP contribution in [0.15, 0.2) is 36.4 Å². The molecule has 6 nitrogen and oxygen atoms in total. The normalized spacial score (nSPS) is 15.5. The monoisotopic (exact) mass is 382 g/mol. The van der Waals surface area contributed by atoms with Gasteiger partial charge in [0.05, 0.1) is 18.4 Å². The first-order valence-corrected chi connectivity index (χ1v) is 9.09. The first-order valence-electron chi connectivity index (χ1n) is 8.71. The fourth-order valence-corrected chi connectivity index (χ4v) is 3.49. The number of ether oxygens (including phenoxy) is 1. The van der Waals surface area contributed by atoms with Gasteiger partial charge in [0, 0.05) is 11.0 Å². The minimum atomic E-state index is -0.430. The third kappa shape index (κ3) is 3.00. The topological polar surface area (TPSA) is 69.9 Å². The summed E-state index contributed by atoms with van der Waals surface area (Å²) in [6, 6.07) is 11.0. The number of carbonyl (C=O) groups excluding carboxylic acids is 1. The Morgan fingerprint density at radius 2 is 2.00 bits per heavy atom. The van der Waals surface area contributed by atoms with E-state index >= 15 is 0 Å². The van der Waals surface area contributed by atoms with Crippen molar-refractivity contribution < 1.29 is 9.53 Å². The van der Waals surface area contributed by atoms with Gasteiger partial charge in [-0.3, -0.25) is 4.79 Å². The molecule has 2 heterocycles. The highest BCUT2D eigenvalue weighted by Crippen LogP contribution is 2.40. The first kappa shape index (κ1) is 17.7. The minimum absolute atomic E-state index is 0.0924. The SMILES string of the molecule is COc1cccc(-c2nn(-c3ccc(Cl)nn3)c3c2C(=O)C(C)(C)CC3)c1. The van der Waals surface area contributed by atoms with E-state index in [9.17, 15) is 4.79 Å². The molecule has 2 aromatic heterocycles. The average molecular weight is 383 g/mol. The number of nitrogens with zero attached hydrogens (tertiary/aromatic N) is 4. The van der Waals surface area contributed by atoms with Crippen molar-refractivity contribution in [1.82, 2.24) is 20.0 Å². The number of ketones is 1. The number of halogens is 1. The zero-order valence-electron chi connectivity index (χ0n) is 15.4. The van der Waals surface area contributed by atoms with E-state index in [4.69, 9.17) is 21.4 Å². The van der Waals surface area contributed by atoms with Crippen molar-refractivity contribution >= 4 is 17.4 Å². The van der Waals surface area contributed by atoms with Crippen LogP contribution in [0.2, 0.25) is 5.15 Å². The average Bonchev–Trinajstić information content (AvgIpc) is 3.05. The Morgan fingerprint density at radius 1 is 1.19 bits per heavy atom. The van der Waals surface area contributed by atoms with Gasteiger partial charge >= 0.3 is 0 Å². The van der Waals surface area contributed by atoms with E-state index in [-0.39, 0.29) is 5.78 Å². The molecule has 0 atom stereocenters. The molecule has 0 spiro atoms. The zero-order valence-corrected chi connectivity index (χ0v) is 16.1. The molecule has 0 fully saturated rings. The van der Waals surface area contributed by atoms with Crippen molar-refractivity contribution in [3.8, 4) is 22.8 Å². The summed E-state index contributed by atoms with van der Waals surface area (Å²) in [5, 5.41) is 13.1. The molecule has 0 aliphatic heterocycles. The van der Waals surface area contributed by atoms with Crippen LogP contribution < -0.4 is 4.74 Å². The lowest BCUT2D eigenvalue weighted by Gasteiger charge is -2.28. The summed E-state index contributed by atoms with van der Waals surface area (Å²) >= 11 is 5.87. The van der Waals surface area contributed by atoms with E-state index in [0.29, 0.717) is 28.0 Å². The number of hydrogen-bond donors (Lipinski definition) is 0. The third-order valence-corrected chi connectivity index (χ3v) is 5.19. The van der Waals surface area contributed by atoms with Crippen molar-refractivity contribution in [2.24, 2.45) is 5.41 Å². The van der Waals surface area contributed by atoms with Gasteiger partial charge in [-0.25, -0.2) is 4.68 Å². The summed E-state index contributed by atoms with van der Waals surface area (Å²) in [6.45, 7) is 3.96. The number of fused-ring (bicyclic) bond motifs is 1. The van der Waals surface area contributed by atoms with E-state index in [2.05, 4.69) is 10.2 Å². The Kier molecular flexibility index (Phi) is 4.23. The minimum Gasteiger partial charge on any atom is -0.497 e. The molecule has 1 aromatic carbocycles. The first-order chi connectivity index (χ1) is 12.9. The predicted molar refractivity (Wildman–Crippen MR) is 103 cm³/mol. The quantitative estimate of drug-likeness (QED) is 0.680. The number of hydrogen-bond acceptors (Lipinski definition) is 5.